The molecule has 3 aliphatic heterocycles. The second kappa shape index (κ2) is 7.60. The smallest absolute Gasteiger partial charge is 0.353 e. The number of hydrogen-bond acceptors (Lipinski definition) is 7. The lowest BCUT2D eigenvalue weighted by atomic mass is 9.79. The van der Waals surface area contributed by atoms with Crippen LogP contribution in [-0.4, -0.2) is 68.8 Å². The number of carbonyl (C=O) groups is 3. The van der Waals surface area contributed by atoms with Gasteiger partial charge in [0.05, 0.1) is 24.1 Å². The van der Waals surface area contributed by atoms with Crippen molar-refractivity contribution in [2.24, 2.45) is 28.4 Å². The summed E-state index contributed by atoms with van der Waals surface area (Å²) < 4.78 is 0. The molecule has 6 atom stereocenters. The summed E-state index contributed by atoms with van der Waals surface area (Å²) in [6.07, 6.45) is -0.384. The van der Waals surface area contributed by atoms with E-state index in [1.54, 1.807) is 6.92 Å². The molecule has 154 valence electrons. The van der Waals surface area contributed by atoms with Crippen LogP contribution in [0.2, 0.25) is 0 Å². The minimum atomic E-state index is -1.16. The number of fused-ring (bicyclic) bond motifs is 1. The van der Waals surface area contributed by atoms with Gasteiger partial charge in [0.25, 0.3) is 5.91 Å². The summed E-state index contributed by atoms with van der Waals surface area (Å²) in [5.74, 6) is -2.96. The van der Waals surface area contributed by atoms with Crippen LogP contribution in [0.15, 0.2) is 15.7 Å². The molecule has 0 aromatic rings. The predicted molar refractivity (Wildman–Crippen MR) is 101 cm³/mol. The number of carbonyl (C=O) groups excluding carboxylic acids is 2. The number of guanidine groups is 1. The van der Waals surface area contributed by atoms with Gasteiger partial charge in [0.2, 0.25) is 11.9 Å². The largest absolute Gasteiger partial charge is 0.477 e. The van der Waals surface area contributed by atoms with Gasteiger partial charge in [-0.1, -0.05) is 6.92 Å². The highest BCUT2D eigenvalue weighted by atomic mass is 32.2. The molecule has 0 bridgehead atoms. The second-order valence-corrected chi connectivity index (χ2v) is 8.56. The fraction of sp³-hybridized carbons (Fsp3) is 0.625. The lowest BCUT2D eigenvalue weighted by Crippen LogP contribution is -2.63. The molecule has 2 fully saturated rings. The number of rotatable bonds is 6. The standard InChI is InChI=1S/C16H24N6O5S/c1-5-10-9(6(2)23)14(25)22(10)11(15(26)27)12(5)28-7-3-8(19-4-7)13(24)20-21-16(17)18/h5-10,19,23H,3-4H2,1-2H3,(H,20,24)(H,26,27)(H4,17,18,21)/t5-,6-,7+,8+,9-,10?/m1/s1. The van der Waals surface area contributed by atoms with E-state index in [-0.39, 0.29) is 40.7 Å². The maximum absolute atomic E-state index is 12.4. The average molecular weight is 412 g/mol. The van der Waals surface area contributed by atoms with Crippen LogP contribution in [0.1, 0.15) is 20.3 Å². The SMILES string of the molecule is C[C@H]1C(S[C@@H]2CN[C@H](C(=O)NN=C(N)N)C2)=C(C(=O)O)N2C(=O)[C@H]([C@@H](C)O)C12. The van der Waals surface area contributed by atoms with E-state index in [9.17, 15) is 24.6 Å². The molecule has 2 saturated heterocycles. The fourth-order valence-corrected chi connectivity index (χ4v) is 5.53. The Morgan fingerprint density at radius 2 is 2.11 bits per heavy atom. The number of nitrogens with zero attached hydrogens (tertiary/aromatic N) is 2. The highest BCUT2D eigenvalue weighted by molar-refractivity contribution is 8.03. The number of aliphatic carboxylic acids is 1. The van der Waals surface area contributed by atoms with Gasteiger partial charge in [0, 0.05) is 22.6 Å². The Bertz CT molecular complexity index is 765. The zero-order chi connectivity index (χ0) is 20.7. The van der Waals surface area contributed by atoms with Crippen molar-refractivity contribution >= 4 is 35.5 Å². The van der Waals surface area contributed by atoms with Gasteiger partial charge in [-0.3, -0.25) is 9.59 Å². The summed E-state index contributed by atoms with van der Waals surface area (Å²) in [7, 11) is 0. The minimum absolute atomic E-state index is 0.0159. The molecule has 12 heteroatoms. The molecule has 3 aliphatic rings. The highest BCUT2D eigenvalue weighted by Gasteiger charge is 2.60. The molecule has 0 spiro atoms. The zero-order valence-corrected chi connectivity index (χ0v) is 16.3. The monoisotopic (exact) mass is 412 g/mol. The first kappa shape index (κ1) is 20.4. The Kier molecular flexibility index (Phi) is 5.55. The van der Waals surface area contributed by atoms with Crippen molar-refractivity contribution in [3.8, 4) is 0 Å². The van der Waals surface area contributed by atoms with E-state index in [1.807, 2.05) is 6.92 Å². The first-order valence-corrected chi connectivity index (χ1v) is 9.78. The van der Waals surface area contributed by atoms with Crippen LogP contribution in [0.4, 0.5) is 0 Å². The molecule has 3 heterocycles. The number of nitrogens with two attached hydrogens (primary N) is 2. The first-order chi connectivity index (χ1) is 13.1. The van der Waals surface area contributed by atoms with Gasteiger partial charge in [0.15, 0.2) is 0 Å². The van der Waals surface area contributed by atoms with Gasteiger partial charge in [-0.15, -0.1) is 16.9 Å². The summed E-state index contributed by atoms with van der Waals surface area (Å²) in [5.41, 5.74) is 12.6. The van der Waals surface area contributed by atoms with Crippen molar-refractivity contribution < 1.29 is 24.6 Å². The van der Waals surface area contributed by atoms with Crippen molar-refractivity contribution in [1.29, 1.82) is 0 Å². The Labute approximate surface area is 165 Å². The van der Waals surface area contributed by atoms with Crippen molar-refractivity contribution in [3.63, 3.8) is 0 Å². The fourth-order valence-electron chi connectivity index (χ4n) is 4.05. The maximum Gasteiger partial charge on any atom is 0.353 e. The highest BCUT2D eigenvalue weighted by Crippen LogP contribution is 2.51. The van der Waals surface area contributed by atoms with Crippen molar-refractivity contribution in [2.75, 3.05) is 6.54 Å². The molecule has 2 amide bonds. The lowest BCUT2D eigenvalue weighted by Gasteiger charge is -2.46. The molecule has 8 N–H and O–H groups in total. The lowest BCUT2D eigenvalue weighted by molar-refractivity contribution is -0.163. The Balaban J connectivity index is 1.72. The number of hydrazone groups is 1. The molecule has 0 saturated carbocycles. The number of aliphatic hydroxyl groups excluding tert-OH is 1. The molecule has 0 radical (unpaired) electrons. The Morgan fingerprint density at radius 3 is 2.68 bits per heavy atom. The number of carboxylic acids is 1. The van der Waals surface area contributed by atoms with Crippen LogP contribution < -0.4 is 22.2 Å². The van der Waals surface area contributed by atoms with Crippen LogP contribution in [0, 0.1) is 11.8 Å². The van der Waals surface area contributed by atoms with E-state index in [0.717, 1.165) is 0 Å². The average Bonchev–Trinajstić information content (AvgIpc) is 3.15. The Morgan fingerprint density at radius 1 is 1.43 bits per heavy atom. The molecule has 0 aromatic carbocycles. The number of hydrogen-bond donors (Lipinski definition) is 6. The number of β-lactam (4-membered cyclic amide) rings is 1. The summed E-state index contributed by atoms with van der Waals surface area (Å²) in [6, 6.07) is -0.855. The molecule has 3 rings (SSSR count). The third-order valence-corrected chi connectivity index (χ3v) is 6.82. The van der Waals surface area contributed by atoms with Crippen LogP contribution in [0.5, 0.6) is 0 Å². The first-order valence-electron chi connectivity index (χ1n) is 8.90. The van der Waals surface area contributed by atoms with E-state index in [0.29, 0.717) is 17.9 Å². The normalized spacial score (nSPS) is 32.6. The van der Waals surface area contributed by atoms with Crippen LogP contribution >= 0.6 is 11.8 Å². The summed E-state index contributed by atoms with van der Waals surface area (Å²) >= 11 is 1.36. The number of aliphatic hydroxyl groups is 1. The molecule has 0 aromatic heterocycles. The minimum Gasteiger partial charge on any atom is -0.477 e. The topological polar surface area (TPSA) is 183 Å². The van der Waals surface area contributed by atoms with Crippen molar-refractivity contribution in [3.05, 3.63) is 10.6 Å². The molecular formula is C16H24N6O5S. The third kappa shape index (κ3) is 3.42. The molecule has 28 heavy (non-hydrogen) atoms. The maximum atomic E-state index is 12.4. The molecular weight excluding hydrogens is 388 g/mol. The van der Waals surface area contributed by atoms with Gasteiger partial charge in [-0.2, -0.15) is 0 Å². The molecule has 0 aliphatic carbocycles. The van der Waals surface area contributed by atoms with Crippen LogP contribution in [0.25, 0.3) is 0 Å². The van der Waals surface area contributed by atoms with Crippen molar-refractivity contribution in [2.45, 2.75) is 43.7 Å². The molecule has 1 unspecified atom stereocenters. The van der Waals surface area contributed by atoms with Crippen LogP contribution in [0.3, 0.4) is 0 Å². The van der Waals surface area contributed by atoms with Crippen LogP contribution in [-0.2, 0) is 14.4 Å². The summed E-state index contributed by atoms with van der Waals surface area (Å²) in [4.78, 5) is 38.1. The van der Waals surface area contributed by atoms with E-state index in [2.05, 4.69) is 15.8 Å². The third-order valence-electron chi connectivity index (χ3n) is 5.31. The van der Waals surface area contributed by atoms with Crippen molar-refractivity contribution in [1.82, 2.24) is 15.6 Å². The van der Waals surface area contributed by atoms with Gasteiger partial charge < -0.3 is 31.9 Å². The second-order valence-electron chi connectivity index (χ2n) is 7.22. The quantitative estimate of drug-likeness (QED) is 0.123. The Hall–Kier alpha value is -2.31. The van der Waals surface area contributed by atoms with E-state index >= 15 is 0 Å². The summed E-state index contributed by atoms with van der Waals surface area (Å²) in [5, 5.41) is 26.0. The van der Waals surface area contributed by atoms with Gasteiger partial charge in [0.1, 0.15) is 5.70 Å². The van der Waals surface area contributed by atoms with Gasteiger partial charge in [-0.05, 0) is 13.3 Å². The van der Waals surface area contributed by atoms with E-state index < -0.39 is 24.0 Å². The van der Waals surface area contributed by atoms with Gasteiger partial charge in [-0.25, -0.2) is 10.2 Å². The number of carboxylic acid groups (broad SMARTS) is 1. The zero-order valence-electron chi connectivity index (χ0n) is 15.5. The summed E-state index contributed by atoms with van der Waals surface area (Å²) in [6.45, 7) is 3.90. The predicted octanol–water partition coefficient (Wildman–Crippen LogP) is -2.09. The number of nitrogens with one attached hydrogen (secondary N) is 2. The molecule has 11 nitrogen and oxygen atoms in total. The van der Waals surface area contributed by atoms with E-state index in [4.69, 9.17) is 11.5 Å². The number of thioether (sulfide) groups is 1. The number of amides is 2. The van der Waals surface area contributed by atoms with Gasteiger partial charge >= 0.3 is 5.97 Å². The van der Waals surface area contributed by atoms with E-state index in [1.165, 1.54) is 16.7 Å².